The number of nitrogens with zero attached hydrogens (tertiary/aromatic N) is 1. The van der Waals surface area contributed by atoms with E-state index in [4.69, 9.17) is 9.39 Å². The van der Waals surface area contributed by atoms with Gasteiger partial charge in [0.2, 0.25) is 11.8 Å². The number of methoxy groups -OCH3 is 1. The highest BCUT2D eigenvalue weighted by Gasteiger charge is 2.59. The van der Waals surface area contributed by atoms with Gasteiger partial charge in [-0.1, -0.05) is 86.2 Å². The summed E-state index contributed by atoms with van der Waals surface area (Å²) in [5, 5.41) is 23.1. The Morgan fingerprint density at radius 2 is 1.73 bits per heavy atom. The number of hydrogen-bond donors (Lipinski definition) is 2. The standard InChI is InChI=1S/C35H36BNO7/c1-20(2)26-18-27-32(34(40)37(33(27)39)35(41)43-3)28-19-36(42)44-30(31(26)28)16-14-22(21-9-5-4-6-10-21)17-23-13-15-29(38)25-12-8-7-11-24(23)25/h4-13,15,17,20,27-28,30,32,38,42H,14,16,18-19H2,1-3H3/b22-17-/t27-,28+,30-,32-/m1/s1. The van der Waals surface area contributed by atoms with Gasteiger partial charge in [-0.05, 0) is 71.1 Å². The topological polar surface area (TPSA) is 113 Å². The molecule has 6 rings (SSSR count). The molecule has 3 amide bonds. The van der Waals surface area contributed by atoms with E-state index in [1.54, 1.807) is 6.07 Å². The number of imide groups is 3. The molecule has 0 unspecified atom stereocenters. The van der Waals surface area contributed by atoms with Crippen molar-refractivity contribution in [3.05, 3.63) is 89.0 Å². The van der Waals surface area contributed by atoms with Crippen molar-refractivity contribution in [2.75, 3.05) is 7.11 Å². The Bertz CT molecular complexity index is 1680. The van der Waals surface area contributed by atoms with Crippen LogP contribution in [0.3, 0.4) is 0 Å². The van der Waals surface area contributed by atoms with Gasteiger partial charge in [-0.3, -0.25) is 9.59 Å². The van der Waals surface area contributed by atoms with Gasteiger partial charge in [-0.15, -0.1) is 0 Å². The minimum absolute atomic E-state index is 0.0809. The number of ether oxygens (including phenoxy) is 1. The Hall–Kier alpha value is -4.21. The quantitative estimate of drug-likeness (QED) is 0.154. The fourth-order valence-corrected chi connectivity index (χ4v) is 7.38. The molecule has 3 aromatic rings. The summed E-state index contributed by atoms with van der Waals surface area (Å²) in [5.41, 5.74) is 5.11. The summed E-state index contributed by atoms with van der Waals surface area (Å²) < 4.78 is 11.0. The summed E-state index contributed by atoms with van der Waals surface area (Å²) in [6, 6.07) is 21.4. The van der Waals surface area contributed by atoms with Crippen LogP contribution in [-0.2, 0) is 19.0 Å². The molecule has 44 heavy (non-hydrogen) atoms. The Labute approximate surface area is 257 Å². The van der Waals surface area contributed by atoms with Crippen molar-refractivity contribution >= 4 is 47.4 Å². The van der Waals surface area contributed by atoms with Gasteiger partial charge in [-0.2, -0.15) is 4.90 Å². The van der Waals surface area contributed by atoms with Crippen molar-refractivity contribution in [2.45, 2.75) is 45.5 Å². The van der Waals surface area contributed by atoms with Gasteiger partial charge in [-0.25, -0.2) is 4.79 Å². The minimum Gasteiger partial charge on any atom is -0.507 e. The predicted octanol–water partition coefficient (Wildman–Crippen LogP) is 6.09. The third kappa shape index (κ3) is 5.24. The zero-order chi connectivity index (χ0) is 31.1. The lowest BCUT2D eigenvalue weighted by Crippen LogP contribution is -2.46. The highest BCUT2D eigenvalue weighted by Crippen LogP contribution is 2.52. The molecular formula is C35H36BNO7. The first-order chi connectivity index (χ1) is 21.2. The van der Waals surface area contributed by atoms with Crippen molar-refractivity contribution in [1.82, 2.24) is 4.90 Å². The SMILES string of the molecule is COC(=O)N1C(=O)[C@@H]2[C@@H](CC(C(C)C)=C3[C@@H](CC/C(=C/c4ccc(O)c5ccccc45)c4ccccc4)OB(O)C[C@@H]32)C1=O. The molecule has 0 bridgehead atoms. The first kappa shape index (κ1) is 29.8. The molecule has 0 saturated carbocycles. The number of hydrogen-bond acceptors (Lipinski definition) is 7. The van der Waals surface area contributed by atoms with Crippen LogP contribution in [0.25, 0.3) is 22.4 Å². The number of phenols is 1. The van der Waals surface area contributed by atoms with Crippen molar-refractivity contribution in [3.63, 3.8) is 0 Å². The molecule has 3 aliphatic rings. The maximum atomic E-state index is 13.5. The van der Waals surface area contributed by atoms with Crippen molar-refractivity contribution < 1.29 is 33.9 Å². The van der Waals surface area contributed by atoms with E-state index in [-0.39, 0.29) is 18.0 Å². The zero-order valence-electron chi connectivity index (χ0n) is 25.1. The maximum Gasteiger partial charge on any atom is 0.455 e. The number of likely N-dealkylation sites (tertiary alicyclic amines) is 1. The molecule has 9 heteroatoms. The van der Waals surface area contributed by atoms with Crippen LogP contribution in [0.1, 0.15) is 44.2 Å². The molecule has 2 saturated heterocycles. The average molecular weight is 593 g/mol. The summed E-state index contributed by atoms with van der Waals surface area (Å²) >= 11 is 0. The first-order valence-electron chi connectivity index (χ1n) is 15.2. The second-order valence-corrected chi connectivity index (χ2v) is 12.2. The lowest BCUT2D eigenvalue weighted by molar-refractivity contribution is -0.137. The number of carbonyl (C=O) groups is 3. The molecule has 1 aliphatic carbocycles. The molecule has 2 aliphatic heterocycles. The van der Waals surface area contributed by atoms with Crippen LogP contribution < -0.4 is 0 Å². The van der Waals surface area contributed by atoms with E-state index in [0.717, 1.165) is 45.7 Å². The van der Waals surface area contributed by atoms with Crippen LogP contribution in [0.15, 0.2) is 77.9 Å². The van der Waals surface area contributed by atoms with E-state index in [0.29, 0.717) is 24.2 Å². The highest BCUT2D eigenvalue weighted by atomic mass is 16.5. The molecule has 226 valence electrons. The molecule has 0 aromatic heterocycles. The molecule has 3 aromatic carbocycles. The van der Waals surface area contributed by atoms with Crippen LogP contribution in [0.2, 0.25) is 6.32 Å². The van der Waals surface area contributed by atoms with Gasteiger partial charge < -0.3 is 19.5 Å². The average Bonchev–Trinajstić information content (AvgIpc) is 3.28. The van der Waals surface area contributed by atoms with Gasteiger partial charge in [0.05, 0.1) is 25.0 Å². The Balaban J connectivity index is 1.37. The van der Waals surface area contributed by atoms with Gasteiger partial charge in [0.15, 0.2) is 0 Å². The summed E-state index contributed by atoms with van der Waals surface area (Å²) in [5.74, 6) is -2.61. The van der Waals surface area contributed by atoms with Crippen LogP contribution >= 0.6 is 0 Å². The Morgan fingerprint density at radius 3 is 2.43 bits per heavy atom. The smallest absolute Gasteiger partial charge is 0.455 e. The summed E-state index contributed by atoms with van der Waals surface area (Å²) in [6.07, 6.45) is 2.38. The molecule has 4 atom stereocenters. The summed E-state index contributed by atoms with van der Waals surface area (Å²) in [6.45, 7) is 4.12. The Morgan fingerprint density at radius 1 is 1.02 bits per heavy atom. The van der Waals surface area contributed by atoms with Gasteiger partial charge >= 0.3 is 13.2 Å². The lowest BCUT2D eigenvalue weighted by Gasteiger charge is -2.44. The van der Waals surface area contributed by atoms with Crippen molar-refractivity contribution in [1.29, 1.82) is 0 Å². The molecule has 2 heterocycles. The molecule has 8 nitrogen and oxygen atoms in total. The molecular weight excluding hydrogens is 557 g/mol. The van der Waals surface area contributed by atoms with Crippen LogP contribution in [0.4, 0.5) is 4.79 Å². The van der Waals surface area contributed by atoms with Crippen LogP contribution in [-0.4, -0.2) is 53.3 Å². The van der Waals surface area contributed by atoms with E-state index >= 15 is 0 Å². The Kier molecular flexibility index (Phi) is 8.18. The number of aromatic hydroxyl groups is 1. The van der Waals surface area contributed by atoms with E-state index in [9.17, 15) is 24.5 Å². The number of phenolic OH excluding ortho intramolecular Hbond substituents is 1. The fourth-order valence-electron chi connectivity index (χ4n) is 7.38. The van der Waals surface area contributed by atoms with Gasteiger partial charge in [0.25, 0.3) is 0 Å². The van der Waals surface area contributed by atoms with Crippen molar-refractivity contribution in [2.24, 2.45) is 23.7 Å². The summed E-state index contributed by atoms with van der Waals surface area (Å²) in [7, 11) is 0.0439. The molecule has 0 radical (unpaired) electrons. The third-order valence-electron chi connectivity index (χ3n) is 9.38. The van der Waals surface area contributed by atoms with E-state index in [1.807, 2.05) is 48.5 Å². The minimum atomic E-state index is -1.11. The molecule has 0 spiro atoms. The first-order valence-corrected chi connectivity index (χ1v) is 15.2. The highest BCUT2D eigenvalue weighted by molar-refractivity contribution is 6.43. The van der Waals surface area contributed by atoms with Crippen molar-refractivity contribution in [3.8, 4) is 5.75 Å². The predicted molar refractivity (Wildman–Crippen MR) is 168 cm³/mol. The number of rotatable bonds is 6. The second-order valence-electron chi connectivity index (χ2n) is 12.2. The monoisotopic (exact) mass is 593 g/mol. The largest absolute Gasteiger partial charge is 0.507 e. The summed E-state index contributed by atoms with van der Waals surface area (Å²) in [4.78, 5) is 39.8. The normalized spacial score (nSPS) is 23.8. The molecule has 2 fully saturated rings. The van der Waals surface area contributed by atoms with Crippen LogP contribution in [0.5, 0.6) is 5.75 Å². The second kappa shape index (κ2) is 12.1. The third-order valence-corrected chi connectivity index (χ3v) is 9.38. The number of benzene rings is 3. The van der Waals surface area contributed by atoms with E-state index < -0.39 is 48.9 Å². The van der Waals surface area contributed by atoms with E-state index in [1.165, 1.54) is 0 Å². The van der Waals surface area contributed by atoms with Gasteiger partial charge in [0, 0.05) is 5.39 Å². The number of fused-ring (bicyclic) bond motifs is 4. The number of allylic oxidation sites excluding steroid dienone is 2. The van der Waals surface area contributed by atoms with E-state index in [2.05, 4.69) is 32.1 Å². The van der Waals surface area contributed by atoms with Crippen LogP contribution in [0, 0.1) is 23.7 Å². The maximum absolute atomic E-state index is 13.5. The number of carbonyl (C=O) groups excluding carboxylic acids is 3. The lowest BCUT2D eigenvalue weighted by atomic mass is 9.57. The zero-order valence-corrected chi connectivity index (χ0v) is 25.1. The van der Waals surface area contributed by atoms with Gasteiger partial charge in [0.1, 0.15) is 5.75 Å². The fraction of sp³-hybridized carbons (Fsp3) is 0.343. The number of amides is 3. The molecule has 2 N–H and O–H groups in total.